The zero-order chi connectivity index (χ0) is 19.6. The smallest absolute Gasteiger partial charge is 0.417 e. The predicted molar refractivity (Wildman–Crippen MR) is 91.5 cm³/mol. The Morgan fingerprint density at radius 2 is 2.07 bits per heavy atom. The third kappa shape index (κ3) is 4.30. The number of amides is 1. The second kappa shape index (κ2) is 7.43. The van der Waals surface area contributed by atoms with Crippen LogP contribution in [0.15, 0.2) is 36.5 Å². The van der Waals surface area contributed by atoms with E-state index < -0.39 is 11.7 Å². The van der Waals surface area contributed by atoms with Gasteiger partial charge in [0.25, 0.3) is 0 Å². The van der Waals surface area contributed by atoms with Crippen molar-refractivity contribution in [1.82, 2.24) is 19.9 Å². The maximum absolute atomic E-state index is 13.0. The van der Waals surface area contributed by atoms with Crippen LogP contribution in [0.2, 0.25) is 5.02 Å². The molecule has 0 aliphatic heterocycles. The number of carbonyl (C=O) groups is 1. The molecule has 3 aromatic rings. The minimum atomic E-state index is -4.56. The van der Waals surface area contributed by atoms with Gasteiger partial charge in [-0.25, -0.2) is 0 Å². The van der Waals surface area contributed by atoms with Gasteiger partial charge in [0.2, 0.25) is 5.91 Å². The van der Waals surface area contributed by atoms with Gasteiger partial charge >= 0.3 is 6.18 Å². The van der Waals surface area contributed by atoms with E-state index in [1.807, 2.05) is 0 Å². The fourth-order valence-corrected chi connectivity index (χ4v) is 2.73. The summed E-state index contributed by atoms with van der Waals surface area (Å²) in [6, 6.07) is 7.79. The van der Waals surface area contributed by atoms with Crippen LogP contribution in [-0.2, 0) is 23.9 Å². The molecule has 2 aromatic heterocycles. The number of nitrogens with one attached hydrogen (secondary N) is 1. The van der Waals surface area contributed by atoms with E-state index in [1.165, 1.54) is 7.11 Å². The number of alkyl halides is 3. The molecule has 1 N–H and O–H groups in total. The SMILES string of the molecule is COc1cccc(CC(=O)NCc2nnc3c(Cl)cc(C(F)(F)F)cn23)c1. The molecule has 0 radical (unpaired) electrons. The van der Waals surface area contributed by atoms with Gasteiger partial charge in [0.1, 0.15) is 5.75 Å². The standard InChI is InChI=1S/C17H14ClF3N4O2/c1-27-12-4-2-3-10(5-12)6-15(26)22-8-14-23-24-16-13(18)7-11(9-25(14)16)17(19,20)21/h2-5,7,9H,6,8H2,1H3,(H,22,26). The zero-order valence-corrected chi connectivity index (χ0v) is 14.8. The largest absolute Gasteiger partial charge is 0.497 e. The highest BCUT2D eigenvalue weighted by atomic mass is 35.5. The first-order chi connectivity index (χ1) is 12.8. The number of fused-ring (bicyclic) bond motifs is 1. The molecule has 0 aliphatic rings. The Morgan fingerprint density at radius 1 is 1.30 bits per heavy atom. The van der Waals surface area contributed by atoms with Crippen LogP contribution in [0.5, 0.6) is 5.75 Å². The molecule has 27 heavy (non-hydrogen) atoms. The van der Waals surface area contributed by atoms with Crippen molar-refractivity contribution < 1.29 is 22.7 Å². The van der Waals surface area contributed by atoms with Gasteiger partial charge in [-0.05, 0) is 23.8 Å². The van der Waals surface area contributed by atoms with Crippen LogP contribution in [-0.4, -0.2) is 27.6 Å². The van der Waals surface area contributed by atoms with Crippen molar-refractivity contribution in [2.24, 2.45) is 0 Å². The molecule has 2 heterocycles. The van der Waals surface area contributed by atoms with Crippen molar-refractivity contribution in [2.45, 2.75) is 19.1 Å². The molecule has 6 nitrogen and oxygen atoms in total. The highest BCUT2D eigenvalue weighted by Crippen LogP contribution is 2.32. The average Bonchev–Trinajstić information content (AvgIpc) is 3.03. The molecular weight excluding hydrogens is 385 g/mol. The maximum Gasteiger partial charge on any atom is 0.417 e. The number of methoxy groups -OCH3 is 1. The highest BCUT2D eigenvalue weighted by molar-refractivity contribution is 6.33. The van der Waals surface area contributed by atoms with E-state index in [9.17, 15) is 18.0 Å². The molecule has 142 valence electrons. The first-order valence-corrected chi connectivity index (χ1v) is 8.15. The molecule has 1 amide bonds. The molecule has 1 aromatic carbocycles. The fraction of sp³-hybridized carbons (Fsp3) is 0.235. The van der Waals surface area contributed by atoms with Crippen LogP contribution in [0.25, 0.3) is 5.65 Å². The van der Waals surface area contributed by atoms with Crippen LogP contribution in [0.4, 0.5) is 13.2 Å². The molecule has 0 saturated carbocycles. The summed E-state index contributed by atoms with van der Waals surface area (Å²) in [5.74, 6) is 0.438. The predicted octanol–water partition coefficient (Wildman–Crippen LogP) is 3.27. The zero-order valence-electron chi connectivity index (χ0n) is 14.0. The Hall–Kier alpha value is -2.81. The van der Waals surface area contributed by atoms with Crippen molar-refractivity contribution >= 4 is 23.2 Å². The Bertz CT molecular complexity index is 988. The van der Waals surface area contributed by atoms with Crippen molar-refractivity contribution in [3.05, 3.63) is 58.5 Å². The second-order valence-electron chi connectivity index (χ2n) is 5.69. The van der Waals surface area contributed by atoms with Crippen LogP contribution in [0.3, 0.4) is 0 Å². The maximum atomic E-state index is 13.0. The molecule has 3 rings (SSSR count). The summed E-state index contributed by atoms with van der Waals surface area (Å²) in [6.45, 7) is -0.0956. The quantitative estimate of drug-likeness (QED) is 0.716. The summed E-state index contributed by atoms with van der Waals surface area (Å²) < 4.78 is 45.1. The summed E-state index contributed by atoms with van der Waals surface area (Å²) in [5.41, 5.74) is -0.106. The Morgan fingerprint density at radius 3 is 2.78 bits per heavy atom. The lowest BCUT2D eigenvalue weighted by atomic mass is 10.1. The summed E-state index contributed by atoms with van der Waals surface area (Å²) in [5, 5.41) is 10.0. The lowest BCUT2D eigenvalue weighted by molar-refractivity contribution is -0.137. The Kier molecular flexibility index (Phi) is 5.22. The van der Waals surface area contributed by atoms with Gasteiger partial charge in [0.15, 0.2) is 11.5 Å². The number of benzene rings is 1. The van der Waals surface area contributed by atoms with Crippen LogP contribution in [0.1, 0.15) is 17.0 Å². The van der Waals surface area contributed by atoms with Gasteiger partial charge in [-0.2, -0.15) is 13.2 Å². The highest BCUT2D eigenvalue weighted by Gasteiger charge is 2.32. The number of nitrogens with zero attached hydrogens (tertiary/aromatic N) is 3. The van der Waals surface area contributed by atoms with E-state index >= 15 is 0 Å². The summed E-state index contributed by atoms with van der Waals surface area (Å²) in [4.78, 5) is 12.1. The van der Waals surface area contributed by atoms with Gasteiger partial charge < -0.3 is 10.1 Å². The third-order valence-electron chi connectivity index (χ3n) is 3.80. The number of ether oxygens (including phenoxy) is 1. The Balaban J connectivity index is 1.74. The first kappa shape index (κ1) is 19.0. The van der Waals surface area contributed by atoms with Crippen molar-refractivity contribution in [3.63, 3.8) is 0 Å². The lowest BCUT2D eigenvalue weighted by Crippen LogP contribution is -2.25. The average molecular weight is 399 g/mol. The molecule has 0 atom stereocenters. The number of hydrogen-bond donors (Lipinski definition) is 1. The molecule has 0 saturated heterocycles. The summed E-state index contributed by atoms with van der Waals surface area (Å²) >= 11 is 5.86. The molecule has 0 aliphatic carbocycles. The van der Waals surface area contributed by atoms with E-state index in [0.29, 0.717) is 5.75 Å². The van der Waals surface area contributed by atoms with Gasteiger partial charge in [-0.1, -0.05) is 23.7 Å². The number of aromatic nitrogens is 3. The summed E-state index contributed by atoms with van der Waals surface area (Å²) in [6.07, 6.45) is -3.62. The normalized spacial score (nSPS) is 11.6. The lowest BCUT2D eigenvalue weighted by Gasteiger charge is -2.09. The van der Waals surface area contributed by atoms with Gasteiger partial charge in [0, 0.05) is 6.20 Å². The van der Waals surface area contributed by atoms with Gasteiger partial charge in [-0.3, -0.25) is 9.20 Å². The minimum absolute atomic E-state index is 0.0849. The van der Waals surface area contributed by atoms with Gasteiger partial charge in [0.05, 0.1) is 30.7 Å². The molecule has 0 spiro atoms. The van der Waals surface area contributed by atoms with Crippen molar-refractivity contribution in [3.8, 4) is 5.75 Å². The fourth-order valence-electron chi connectivity index (χ4n) is 2.48. The molecule has 0 bridgehead atoms. The minimum Gasteiger partial charge on any atom is -0.497 e. The number of rotatable bonds is 5. The van der Waals surface area contributed by atoms with Crippen molar-refractivity contribution in [2.75, 3.05) is 7.11 Å². The Labute approximate surface area is 156 Å². The molecule has 0 fully saturated rings. The molecule has 0 unspecified atom stereocenters. The van der Waals surface area contributed by atoms with Crippen molar-refractivity contribution in [1.29, 1.82) is 0 Å². The number of carbonyl (C=O) groups excluding carboxylic acids is 1. The van der Waals surface area contributed by atoms with Crippen LogP contribution < -0.4 is 10.1 Å². The number of pyridine rings is 1. The second-order valence-corrected chi connectivity index (χ2v) is 6.10. The first-order valence-electron chi connectivity index (χ1n) is 7.78. The molecule has 10 heteroatoms. The summed E-state index contributed by atoms with van der Waals surface area (Å²) in [7, 11) is 1.52. The van der Waals surface area contributed by atoms with E-state index in [4.69, 9.17) is 16.3 Å². The monoisotopic (exact) mass is 398 g/mol. The van der Waals surface area contributed by atoms with E-state index in [2.05, 4.69) is 15.5 Å². The van der Waals surface area contributed by atoms with E-state index in [1.54, 1.807) is 24.3 Å². The number of hydrogen-bond acceptors (Lipinski definition) is 4. The van der Waals surface area contributed by atoms with E-state index in [0.717, 1.165) is 22.2 Å². The van der Waals surface area contributed by atoms with Crippen LogP contribution in [0, 0.1) is 0 Å². The molecular formula is C17H14ClF3N4O2. The van der Waals surface area contributed by atoms with Gasteiger partial charge in [-0.15, -0.1) is 10.2 Å². The number of halogens is 4. The third-order valence-corrected chi connectivity index (χ3v) is 4.08. The van der Waals surface area contributed by atoms with E-state index in [-0.39, 0.29) is 35.4 Å². The van der Waals surface area contributed by atoms with Crippen LogP contribution >= 0.6 is 11.6 Å². The topological polar surface area (TPSA) is 68.5 Å².